The molecule has 1 aromatic heterocycles. The molecule has 0 amide bonds. The molecule has 1 atom stereocenters. The van der Waals surface area contributed by atoms with Gasteiger partial charge in [-0.2, -0.15) is 13.2 Å². The van der Waals surface area contributed by atoms with Crippen molar-refractivity contribution in [2.45, 2.75) is 19.1 Å². The van der Waals surface area contributed by atoms with Crippen molar-refractivity contribution < 1.29 is 13.2 Å². The van der Waals surface area contributed by atoms with E-state index in [1.54, 1.807) is 18.5 Å². The van der Waals surface area contributed by atoms with Crippen molar-refractivity contribution in [1.82, 2.24) is 15.3 Å². The van der Waals surface area contributed by atoms with Crippen LogP contribution in [0, 0.1) is 0 Å². The number of H-pyrrole nitrogens is 1. The molecule has 0 aliphatic rings. The van der Waals surface area contributed by atoms with E-state index in [4.69, 9.17) is 0 Å². The molecule has 1 heterocycles. The molecule has 0 saturated heterocycles. The summed E-state index contributed by atoms with van der Waals surface area (Å²) in [5, 5.41) is 3.12. The zero-order valence-electron chi connectivity index (χ0n) is 10.3. The third kappa shape index (κ3) is 3.14. The topological polar surface area (TPSA) is 40.7 Å². The van der Waals surface area contributed by atoms with Gasteiger partial charge in [0, 0.05) is 12.4 Å². The highest BCUT2D eigenvalue weighted by Gasteiger charge is 2.31. The molecule has 0 spiro atoms. The Balaban J connectivity index is 2.37. The maximum atomic E-state index is 12.7. The Bertz CT molecular complexity index is 520. The fraction of sp³-hybridized carbons (Fsp3) is 0.308. The van der Waals surface area contributed by atoms with Crippen molar-refractivity contribution in [2.75, 3.05) is 6.54 Å². The first kappa shape index (κ1) is 13.6. The van der Waals surface area contributed by atoms with Gasteiger partial charge in [0.2, 0.25) is 0 Å². The second kappa shape index (κ2) is 5.44. The Labute approximate surface area is 108 Å². The predicted octanol–water partition coefficient (Wildman–Crippen LogP) is 3.13. The van der Waals surface area contributed by atoms with E-state index >= 15 is 0 Å². The number of nitrogens with zero attached hydrogens (tertiary/aromatic N) is 1. The van der Waals surface area contributed by atoms with Gasteiger partial charge in [-0.15, -0.1) is 0 Å². The van der Waals surface area contributed by atoms with Crippen molar-refractivity contribution in [3.63, 3.8) is 0 Å². The van der Waals surface area contributed by atoms with Gasteiger partial charge in [-0.1, -0.05) is 19.1 Å². The third-order valence-electron chi connectivity index (χ3n) is 2.75. The number of benzene rings is 1. The summed E-state index contributed by atoms with van der Waals surface area (Å²) in [6, 6.07) is 4.91. The molecule has 19 heavy (non-hydrogen) atoms. The van der Waals surface area contributed by atoms with Crippen molar-refractivity contribution in [3.8, 4) is 0 Å². The Kier molecular flexibility index (Phi) is 3.90. The summed E-state index contributed by atoms with van der Waals surface area (Å²) in [5.74, 6) is 0.598. The number of aromatic amines is 1. The van der Waals surface area contributed by atoms with Crippen LogP contribution in [0.4, 0.5) is 13.2 Å². The fourth-order valence-electron chi connectivity index (χ4n) is 1.91. The minimum absolute atomic E-state index is 0.373. The van der Waals surface area contributed by atoms with Crippen LogP contribution in [0.1, 0.15) is 29.9 Å². The molecule has 2 rings (SSSR count). The maximum Gasteiger partial charge on any atom is 0.416 e. The van der Waals surface area contributed by atoms with Crippen molar-refractivity contribution in [2.24, 2.45) is 0 Å². The van der Waals surface area contributed by atoms with Crippen LogP contribution in [-0.2, 0) is 6.18 Å². The van der Waals surface area contributed by atoms with Gasteiger partial charge in [0.1, 0.15) is 5.82 Å². The van der Waals surface area contributed by atoms with Gasteiger partial charge < -0.3 is 10.3 Å². The first-order valence-corrected chi connectivity index (χ1v) is 5.92. The Morgan fingerprint density at radius 2 is 2.16 bits per heavy atom. The minimum atomic E-state index is -4.34. The summed E-state index contributed by atoms with van der Waals surface area (Å²) in [7, 11) is 0. The van der Waals surface area contributed by atoms with E-state index < -0.39 is 11.7 Å². The average Bonchev–Trinajstić information content (AvgIpc) is 2.88. The molecule has 0 saturated carbocycles. The van der Waals surface area contributed by atoms with E-state index in [0.717, 1.165) is 12.1 Å². The lowest BCUT2D eigenvalue weighted by Gasteiger charge is -2.17. The Morgan fingerprint density at radius 1 is 1.37 bits per heavy atom. The van der Waals surface area contributed by atoms with Gasteiger partial charge in [0.25, 0.3) is 0 Å². The zero-order valence-corrected chi connectivity index (χ0v) is 10.3. The van der Waals surface area contributed by atoms with Crippen LogP contribution < -0.4 is 5.32 Å². The number of hydrogen-bond acceptors (Lipinski definition) is 2. The molecule has 2 aromatic rings. The molecule has 3 nitrogen and oxygen atoms in total. The molecule has 2 N–H and O–H groups in total. The molecule has 102 valence electrons. The second-order valence-corrected chi connectivity index (χ2v) is 4.09. The van der Waals surface area contributed by atoms with Gasteiger partial charge in [-0.05, 0) is 24.2 Å². The molecule has 1 unspecified atom stereocenters. The van der Waals surface area contributed by atoms with Crippen LogP contribution in [-0.4, -0.2) is 16.5 Å². The highest BCUT2D eigenvalue weighted by atomic mass is 19.4. The van der Waals surface area contributed by atoms with E-state index in [1.165, 1.54) is 6.07 Å². The van der Waals surface area contributed by atoms with Crippen LogP contribution in [0.25, 0.3) is 0 Å². The Hall–Kier alpha value is -1.82. The van der Waals surface area contributed by atoms with Crippen molar-refractivity contribution in [3.05, 3.63) is 53.6 Å². The number of halogens is 3. The summed E-state index contributed by atoms with van der Waals surface area (Å²) in [5.41, 5.74) is -0.119. The van der Waals surface area contributed by atoms with Crippen molar-refractivity contribution in [1.29, 1.82) is 0 Å². The zero-order chi connectivity index (χ0) is 13.9. The summed E-state index contributed by atoms with van der Waals surface area (Å²) in [6.45, 7) is 2.52. The van der Waals surface area contributed by atoms with Crippen LogP contribution in [0.2, 0.25) is 0 Å². The number of aromatic nitrogens is 2. The van der Waals surface area contributed by atoms with Crippen LogP contribution >= 0.6 is 0 Å². The lowest BCUT2D eigenvalue weighted by molar-refractivity contribution is -0.137. The lowest BCUT2D eigenvalue weighted by Crippen LogP contribution is -2.23. The Morgan fingerprint density at radius 3 is 2.74 bits per heavy atom. The normalized spacial score (nSPS) is 13.5. The monoisotopic (exact) mass is 269 g/mol. The molecule has 6 heteroatoms. The van der Waals surface area contributed by atoms with Crippen LogP contribution in [0.3, 0.4) is 0 Å². The first-order chi connectivity index (χ1) is 9.02. The smallest absolute Gasteiger partial charge is 0.347 e. The number of alkyl halides is 3. The van der Waals surface area contributed by atoms with Gasteiger partial charge >= 0.3 is 6.18 Å². The molecule has 0 aliphatic heterocycles. The van der Waals surface area contributed by atoms with E-state index in [9.17, 15) is 13.2 Å². The molecular formula is C13H14F3N3. The van der Waals surface area contributed by atoms with Gasteiger partial charge in [0.05, 0.1) is 11.6 Å². The minimum Gasteiger partial charge on any atom is -0.347 e. The molecular weight excluding hydrogens is 255 g/mol. The van der Waals surface area contributed by atoms with Gasteiger partial charge in [0.15, 0.2) is 0 Å². The number of nitrogens with one attached hydrogen (secondary N) is 2. The van der Waals surface area contributed by atoms with E-state index in [-0.39, 0.29) is 6.04 Å². The predicted molar refractivity (Wildman–Crippen MR) is 65.6 cm³/mol. The summed E-state index contributed by atoms with van der Waals surface area (Å²) in [6.07, 6.45) is -1.11. The number of hydrogen-bond donors (Lipinski definition) is 2. The largest absolute Gasteiger partial charge is 0.416 e. The van der Waals surface area contributed by atoms with Crippen LogP contribution in [0.15, 0.2) is 36.7 Å². The molecule has 0 bridgehead atoms. The standard InChI is InChI=1S/C13H14F3N3/c1-2-17-11(12-18-6-7-19-12)9-4-3-5-10(8-9)13(14,15)16/h3-8,11,17H,2H2,1H3,(H,18,19). The fourth-order valence-corrected chi connectivity index (χ4v) is 1.91. The summed E-state index contributed by atoms with van der Waals surface area (Å²) >= 11 is 0. The average molecular weight is 269 g/mol. The summed E-state index contributed by atoms with van der Waals surface area (Å²) < 4.78 is 38.1. The number of imidazole rings is 1. The lowest BCUT2D eigenvalue weighted by atomic mass is 10.0. The number of rotatable bonds is 4. The third-order valence-corrected chi connectivity index (χ3v) is 2.75. The van der Waals surface area contributed by atoms with Crippen LogP contribution in [0.5, 0.6) is 0 Å². The highest BCUT2D eigenvalue weighted by molar-refractivity contribution is 5.31. The first-order valence-electron chi connectivity index (χ1n) is 5.92. The maximum absolute atomic E-state index is 12.7. The quantitative estimate of drug-likeness (QED) is 0.895. The molecule has 0 aliphatic carbocycles. The summed E-state index contributed by atoms with van der Waals surface area (Å²) in [4.78, 5) is 7.03. The molecule has 0 fully saturated rings. The SMILES string of the molecule is CCNC(c1cccc(C(F)(F)F)c1)c1ncc[nH]1. The van der Waals surface area contributed by atoms with Crippen molar-refractivity contribution >= 4 is 0 Å². The van der Waals surface area contributed by atoms with E-state index in [1.807, 2.05) is 6.92 Å². The van der Waals surface area contributed by atoms with Gasteiger partial charge in [-0.3, -0.25) is 0 Å². The van der Waals surface area contributed by atoms with E-state index in [0.29, 0.717) is 17.9 Å². The molecule has 1 aromatic carbocycles. The highest BCUT2D eigenvalue weighted by Crippen LogP contribution is 2.31. The van der Waals surface area contributed by atoms with Gasteiger partial charge in [-0.25, -0.2) is 4.98 Å². The molecule has 0 radical (unpaired) electrons. The second-order valence-electron chi connectivity index (χ2n) is 4.09. The van der Waals surface area contributed by atoms with E-state index in [2.05, 4.69) is 15.3 Å².